The number of aromatic amines is 1. The lowest BCUT2D eigenvalue weighted by molar-refractivity contribution is -0.139. The number of benzene rings is 2. The van der Waals surface area contributed by atoms with Crippen LogP contribution in [0.25, 0.3) is 10.9 Å². The Labute approximate surface area is 189 Å². The summed E-state index contributed by atoms with van der Waals surface area (Å²) in [6.07, 6.45) is 2.09. The van der Waals surface area contributed by atoms with Gasteiger partial charge < -0.3 is 24.9 Å². The summed E-state index contributed by atoms with van der Waals surface area (Å²) in [6.45, 7) is 0.224. The Morgan fingerprint density at radius 2 is 1.97 bits per heavy atom. The van der Waals surface area contributed by atoms with Crippen LogP contribution >= 0.6 is 24.2 Å². The highest BCUT2D eigenvalue weighted by Crippen LogP contribution is 2.37. The number of fused-ring (bicyclic) bond motifs is 2. The molecule has 3 N–H and O–H groups in total. The zero-order valence-electron chi connectivity index (χ0n) is 16.4. The van der Waals surface area contributed by atoms with E-state index < -0.39 is 17.9 Å². The van der Waals surface area contributed by atoms with Crippen LogP contribution in [-0.4, -0.2) is 47.0 Å². The molecule has 4 rings (SSSR count). The van der Waals surface area contributed by atoms with Gasteiger partial charge in [0.15, 0.2) is 17.3 Å². The normalized spacial score (nSPS) is 14.5. The number of para-hydroxylation sites is 1. The van der Waals surface area contributed by atoms with Crippen molar-refractivity contribution in [3.63, 3.8) is 0 Å². The number of thiol groups is 1. The molecule has 2 heterocycles. The van der Waals surface area contributed by atoms with Crippen LogP contribution in [0.5, 0.6) is 11.5 Å². The average molecular weight is 461 g/mol. The van der Waals surface area contributed by atoms with Gasteiger partial charge >= 0.3 is 5.97 Å². The minimum atomic E-state index is -0.989. The molecule has 162 valence electrons. The second-order valence-electron chi connectivity index (χ2n) is 7.29. The molecule has 7 nitrogen and oxygen atoms in total. The van der Waals surface area contributed by atoms with E-state index in [-0.39, 0.29) is 36.3 Å². The first kappa shape index (κ1) is 21.5. The van der Waals surface area contributed by atoms with Gasteiger partial charge in [-0.3, -0.25) is 9.59 Å². The van der Waals surface area contributed by atoms with Crippen molar-refractivity contribution in [1.29, 1.82) is 0 Å². The Kier molecular flexibility index (Phi) is 6.41. The fraction of sp³-hybridized carbons (Fsp3) is 0.273. The molecule has 1 aliphatic heterocycles. The topological polar surface area (TPSA) is 101 Å². The molecule has 31 heavy (non-hydrogen) atoms. The summed E-state index contributed by atoms with van der Waals surface area (Å²) in [6, 6.07) is 9.96. The highest BCUT2D eigenvalue weighted by Gasteiger charge is 2.27. The van der Waals surface area contributed by atoms with Crippen LogP contribution < -0.4 is 14.8 Å². The number of carboxylic acid groups (broad SMARTS) is 1. The van der Waals surface area contributed by atoms with E-state index in [1.807, 2.05) is 30.5 Å². The third-order valence-electron chi connectivity index (χ3n) is 5.33. The van der Waals surface area contributed by atoms with E-state index in [9.17, 15) is 14.7 Å². The quantitative estimate of drug-likeness (QED) is 0.288. The summed E-state index contributed by atoms with van der Waals surface area (Å²) in [5, 5.41) is 14.0. The van der Waals surface area contributed by atoms with E-state index in [0.29, 0.717) is 17.1 Å². The fourth-order valence-electron chi connectivity index (χ4n) is 3.62. The Morgan fingerprint density at radius 1 is 1.23 bits per heavy atom. The Hall–Kier alpha value is -2.68. The molecule has 0 spiro atoms. The van der Waals surface area contributed by atoms with Gasteiger partial charge in [-0.1, -0.05) is 29.8 Å². The summed E-state index contributed by atoms with van der Waals surface area (Å²) < 4.78 is 10.6. The van der Waals surface area contributed by atoms with Crippen molar-refractivity contribution in [3.05, 3.63) is 58.7 Å². The Bertz CT molecular complexity index is 1130. The Morgan fingerprint density at radius 3 is 2.71 bits per heavy atom. The lowest BCUT2D eigenvalue weighted by Gasteiger charge is -2.19. The number of ether oxygens (including phenoxy) is 2. The number of carbonyl (C=O) groups excluding carboxylic acids is 1. The van der Waals surface area contributed by atoms with Gasteiger partial charge in [-0.25, -0.2) is 0 Å². The number of halogens is 1. The van der Waals surface area contributed by atoms with Crippen LogP contribution in [0.1, 0.15) is 15.9 Å². The highest BCUT2D eigenvalue weighted by atomic mass is 35.5. The standard InChI is InChI=1S/C22H21ClN2O5S/c23-16-7-20-19(29-11-30-20)6-15(16)21(26)13(10-31)9-25-18(22(27)28)5-12-8-24-17-4-2-1-3-14(12)17/h1-4,6-8,13,18,24-25,31H,5,9-11H2,(H,27,28)/t13?,18-/m0/s1. The molecule has 1 aliphatic rings. The lowest BCUT2D eigenvalue weighted by atomic mass is 9.97. The second kappa shape index (κ2) is 9.21. The van der Waals surface area contributed by atoms with E-state index in [4.69, 9.17) is 21.1 Å². The van der Waals surface area contributed by atoms with E-state index in [1.54, 1.807) is 12.1 Å². The van der Waals surface area contributed by atoms with Gasteiger partial charge in [0.1, 0.15) is 6.04 Å². The fourth-order valence-corrected chi connectivity index (χ4v) is 4.16. The van der Waals surface area contributed by atoms with Crippen LogP contribution in [0.4, 0.5) is 0 Å². The van der Waals surface area contributed by atoms with Crippen LogP contribution in [0.15, 0.2) is 42.6 Å². The third kappa shape index (κ3) is 4.51. The van der Waals surface area contributed by atoms with Gasteiger partial charge in [-0.2, -0.15) is 12.6 Å². The minimum Gasteiger partial charge on any atom is -0.480 e. The smallest absolute Gasteiger partial charge is 0.321 e. The van der Waals surface area contributed by atoms with Crippen molar-refractivity contribution in [2.24, 2.45) is 5.92 Å². The van der Waals surface area contributed by atoms with E-state index >= 15 is 0 Å². The number of carbonyl (C=O) groups is 2. The number of ketones is 1. The zero-order valence-corrected chi connectivity index (χ0v) is 18.1. The summed E-state index contributed by atoms with van der Waals surface area (Å²) in [4.78, 5) is 28.1. The van der Waals surface area contributed by atoms with Gasteiger partial charge in [0.2, 0.25) is 6.79 Å². The van der Waals surface area contributed by atoms with E-state index in [1.165, 1.54) is 0 Å². The molecular formula is C22H21ClN2O5S. The van der Waals surface area contributed by atoms with E-state index in [2.05, 4.69) is 22.9 Å². The summed E-state index contributed by atoms with van der Waals surface area (Å²) in [7, 11) is 0. The van der Waals surface area contributed by atoms with Crippen LogP contribution in [0.3, 0.4) is 0 Å². The van der Waals surface area contributed by atoms with Crippen LogP contribution in [0.2, 0.25) is 5.02 Å². The molecular weight excluding hydrogens is 440 g/mol. The molecule has 0 radical (unpaired) electrons. The number of hydrogen-bond donors (Lipinski definition) is 4. The van der Waals surface area contributed by atoms with Gasteiger partial charge in [0.05, 0.1) is 5.02 Å². The van der Waals surface area contributed by atoms with Crippen molar-refractivity contribution >= 4 is 46.9 Å². The molecule has 1 aromatic heterocycles. The Balaban J connectivity index is 1.47. The maximum atomic E-state index is 13.0. The van der Waals surface area contributed by atoms with E-state index in [0.717, 1.165) is 16.5 Å². The lowest BCUT2D eigenvalue weighted by Crippen LogP contribution is -2.43. The van der Waals surface area contributed by atoms with Crippen molar-refractivity contribution in [3.8, 4) is 11.5 Å². The maximum Gasteiger partial charge on any atom is 0.321 e. The number of rotatable bonds is 9. The highest BCUT2D eigenvalue weighted by molar-refractivity contribution is 7.80. The number of nitrogens with one attached hydrogen (secondary N) is 2. The number of aromatic nitrogens is 1. The molecule has 0 saturated heterocycles. The molecule has 0 saturated carbocycles. The molecule has 0 aliphatic carbocycles. The first-order valence-electron chi connectivity index (χ1n) is 9.73. The zero-order chi connectivity index (χ0) is 22.0. The predicted molar refractivity (Wildman–Crippen MR) is 121 cm³/mol. The number of carboxylic acids is 1. The van der Waals surface area contributed by atoms with Gasteiger partial charge in [0, 0.05) is 53.4 Å². The number of Topliss-reactive ketones (excluding diaryl/α,β-unsaturated/α-hetero) is 1. The molecule has 0 amide bonds. The molecule has 9 heteroatoms. The van der Waals surface area contributed by atoms with Gasteiger partial charge in [0.25, 0.3) is 0 Å². The van der Waals surface area contributed by atoms with Crippen molar-refractivity contribution in [2.45, 2.75) is 12.5 Å². The van der Waals surface area contributed by atoms with Crippen molar-refractivity contribution in [1.82, 2.24) is 10.3 Å². The van der Waals surface area contributed by atoms with Crippen LogP contribution in [0, 0.1) is 5.92 Å². The monoisotopic (exact) mass is 460 g/mol. The minimum absolute atomic E-state index is 0.0784. The van der Waals surface area contributed by atoms with Crippen LogP contribution in [-0.2, 0) is 11.2 Å². The molecule has 0 bridgehead atoms. The number of aliphatic carboxylic acids is 1. The average Bonchev–Trinajstić information content (AvgIpc) is 3.38. The summed E-state index contributed by atoms with van der Waals surface area (Å²) in [5.74, 6) is -0.603. The molecule has 2 aromatic carbocycles. The first-order valence-corrected chi connectivity index (χ1v) is 10.7. The van der Waals surface area contributed by atoms with Crippen molar-refractivity contribution < 1.29 is 24.2 Å². The summed E-state index contributed by atoms with van der Waals surface area (Å²) in [5.41, 5.74) is 2.14. The molecule has 2 atom stereocenters. The largest absolute Gasteiger partial charge is 0.480 e. The maximum absolute atomic E-state index is 13.0. The van der Waals surface area contributed by atoms with Gasteiger partial charge in [-0.15, -0.1) is 0 Å². The number of H-pyrrole nitrogens is 1. The molecule has 3 aromatic rings. The molecule has 1 unspecified atom stereocenters. The number of hydrogen-bond acceptors (Lipinski definition) is 6. The molecule has 0 fully saturated rings. The third-order valence-corrected chi connectivity index (χ3v) is 6.08. The summed E-state index contributed by atoms with van der Waals surface area (Å²) >= 11 is 10.6. The predicted octanol–water partition coefficient (Wildman–Crippen LogP) is 3.56. The second-order valence-corrected chi connectivity index (χ2v) is 8.06. The SMILES string of the molecule is O=C(c1cc2c(cc1Cl)OCO2)C(CS)CN[C@@H](Cc1c[nH]c2ccccc12)C(=O)O. The van der Waals surface area contributed by atoms with Gasteiger partial charge in [-0.05, 0) is 17.7 Å². The first-order chi connectivity index (χ1) is 15.0. The van der Waals surface area contributed by atoms with Crippen molar-refractivity contribution in [2.75, 3.05) is 19.1 Å².